The van der Waals surface area contributed by atoms with Crippen molar-refractivity contribution in [3.8, 4) is 0 Å². The normalized spacial score (nSPS) is 9.52. The molecule has 3 N–H and O–H groups in total. The monoisotopic (exact) mass is 294 g/mol. The van der Waals surface area contributed by atoms with E-state index in [0.29, 0.717) is 0 Å². The largest absolute Gasteiger partial charge is 0.475 e. The molecule has 1 rings (SSSR count). The lowest BCUT2D eigenvalue weighted by atomic mass is 10.2. The van der Waals surface area contributed by atoms with E-state index < -0.39 is 36.8 Å². The van der Waals surface area contributed by atoms with Crippen molar-refractivity contribution in [3.05, 3.63) is 35.9 Å². The van der Waals surface area contributed by atoms with Crippen molar-refractivity contribution in [2.45, 2.75) is 6.61 Å². The number of carboxylic acids is 1. The Balaban J connectivity index is 2.19. The number of amides is 2. The molecule has 8 heteroatoms. The molecule has 0 atom stereocenters. The predicted molar refractivity (Wildman–Crippen MR) is 70.3 cm³/mol. The fourth-order valence-electron chi connectivity index (χ4n) is 1.24. The highest BCUT2D eigenvalue weighted by atomic mass is 16.5. The molecule has 0 unspecified atom stereocenters. The Morgan fingerprint density at radius 3 is 2.29 bits per heavy atom. The van der Waals surface area contributed by atoms with Crippen LogP contribution in [0.2, 0.25) is 0 Å². The molecule has 112 valence electrons. The lowest BCUT2D eigenvalue weighted by Crippen LogP contribution is -2.40. The van der Waals surface area contributed by atoms with Gasteiger partial charge in [-0.25, -0.2) is 9.59 Å². The number of hydrogen-bond donors (Lipinski definition) is 3. The summed E-state index contributed by atoms with van der Waals surface area (Å²) in [7, 11) is 0. The quantitative estimate of drug-likeness (QED) is 0.593. The van der Waals surface area contributed by atoms with Gasteiger partial charge in [-0.15, -0.1) is 0 Å². The van der Waals surface area contributed by atoms with Gasteiger partial charge in [-0.3, -0.25) is 9.59 Å². The topological polar surface area (TPSA) is 122 Å². The van der Waals surface area contributed by atoms with Gasteiger partial charge < -0.3 is 20.5 Å². The minimum Gasteiger partial charge on any atom is -0.475 e. The van der Waals surface area contributed by atoms with Crippen LogP contribution in [0.25, 0.3) is 0 Å². The molecule has 0 spiro atoms. The Kier molecular flexibility index (Phi) is 6.39. The Morgan fingerprint density at radius 1 is 1.00 bits per heavy atom. The summed E-state index contributed by atoms with van der Waals surface area (Å²) in [6.07, 6.45) is -0.793. The van der Waals surface area contributed by atoms with Gasteiger partial charge >= 0.3 is 12.1 Å². The number of aliphatic carboxylic acids is 1. The SMILES string of the molecule is O=C(CNC(=O)OCc1ccccc1)NCC(=O)C(=O)O. The smallest absolute Gasteiger partial charge is 0.407 e. The second-order valence-electron chi connectivity index (χ2n) is 3.92. The highest BCUT2D eigenvalue weighted by Crippen LogP contribution is 2.00. The van der Waals surface area contributed by atoms with E-state index in [0.717, 1.165) is 5.56 Å². The van der Waals surface area contributed by atoms with E-state index in [-0.39, 0.29) is 6.61 Å². The molecule has 1 aromatic rings. The average Bonchev–Trinajstić information content (AvgIpc) is 2.49. The van der Waals surface area contributed by atoms with E-state index in [2.05, 4.69) is 10.6 Å². The van der Waals surface area contributed by atoms with Crippen LogP contribution in [0.15, 0.2) is 30.3 Å². The van der Waals surface area contributed by atoms with Crippen molar-refractivity contribution in [2.75, 3.05) is 13.1 Å². The molecule has 0 radical (unpaired) electrons. The first kappa shape index (κ1) is 16.2. The van der Waals surface area contributed by atoms with Gasteiger partial charge in [0, 0.05) is 0 Å². The van der Waals surface area contributed by atoms with Crippen molar-refractivity contribution in [1.82, 2.24) is 10.6 Å². The number of ether oxygens (including phenoxy) is 1. The molecular weight excluding hydrogens is 280 g/mol. The number of hydrogen-bond acceptors (Lipinski definition) is 5. The second kappa shape index (κ2) is 8.31. The van der Waals surface area contributed by atoms with Crippen LogP contribution in [0.3, 0.4) is 0 Å². The van der Waals surface area contributed by atoms with Gasteiger partial charge in [0.25, 0.3) is 5.78 Å². The van der Waals surface area contributed by atoms with Crippen molar-refractivity contribution < 1.29 is 29.0 Å². The molecule has 0 aliphatic heterocycles. The molecule has 8 nitrogen and oxygen atoms in total. The third-order valence-corrected chi connectivity index (χ3v) is 2.29. The zero-order chi connectivity index (χ0) is 15.7. The number of alkyl carbamates (subject to hydrolysis) is 1. The third kappa shape index (κ3) is 6.71. The van der Waals surface area contributed by atoms with Gasteiger partial charge in [0.2, 0.25) is 5.91 Å². The highest BCUT2D eigenvalue weighted by molar-refractivity contribution is 6.33. The Bertz CT molecular complexity index is 529. The first-order valence-corrected chi connectivity index (χ1v) is 5.96. The van der Waals surface area contributed by atoms with E-state index in [1.54, 1.807) is 24.3 Å². The molecule has 0 aliphatic carbocycles. The minimum atomic E-state index is -1.63. The van der Waals surface area contributed by atoms with E-state index in [1.165, 1.54) is 0 Å². The van der Waals surface area contributed by atoms with Crippen LogP contribution in [0.4, 0.5) is 4.79 Å². The second-order valence-corrected chi connectivity index (χ2v) is 3.92. The highest BCUT2D eigenvalue weighted by Gasteiger charge is 2.13. The van der Waals surface area contributed by atoms with Gasteiger partial charge in [-0.2, -0.15) is 0 Å². The maximum atomic E-state index is 11.3. The molecule has 0 bridgehead atoms. The zero-order valence-corrected chi connectivity index (χ0v) is 11.0. The van der Waals surface area contributed by atoms with Crippen LogP contribution in [0, 0.1) is 0 Å². The molecule has 0 saturated heterocycles. The van der Waals surface area contributed by atoms with Crippen LogP contribution in [-0.4, -0.2) is 41.9 Å². The zero-order valence-electron chi connectivity index (χ0n) is 11.0. The van der Waals surface area contributed by atoms with E-state index in [9.17, 15) is 19.2 Å². The molecule has 0 aromatic heterocycles. The van der Waals surface area contributed by atoms with Crippen molar-refractivity contribution in [3.63, 3.8) is 0 Å². The summed E-state index contributed by atoms with van der Waals surface area (Å²) in [5.41, 5.74) is 0.796. The molecule has 1 aromatic carbocycles. The number of Topliss-reactive ketones (excluding diaryl/α,β-unsaturated/α-hetero) is 1. The summed E-state index contributed by atoms with van der Waals surface area (Å²) < 4.78 is 4.85. The third-order valence-electron chi connectivity index (χ3n) is 2.29. The first-order chi connectivity index (χ1) is 9.99. The van der Waals surface area contributed by atoms with E-state index >= 15 is 0 Å². The molecule has 0 aliphatic rings. The maximum absolute atomic E-state index is 11.3. The number of nitrogens with one attached hydrogen (secondary N) is 2. The number of ketones is 1. The number of carboxylic acid groups (broad SMARTS) is 1. The number of carbonyl (C=O) groups is 4. The summed E-state index contributed by atoms with van der Waals surface area (Å²) >= 11 is 0. The fourth-order valence-corrected chi connectivity index (χ4v) is 1.24. The fraction of sp³-hybridized carbons (Fsp3) is 0.231. The average molecular weight is 294 g/mol. The lowest BCUT2D eigenvalue weighted by Gasteiger charge is -2.07. The molecule has 0 saturated carbocycles. The lowest BCUT2D eigenvalue weighted by molar-refractivity contribution is -0.148. The summed E-state index contributed by atoms with van der Waals surface area (Å²) in [5.74, 6) is -3.47. The Labute approximate surface area is 120 Å². The predicted octanol–water partition coefficient (Wildman–Crippen LogP) is -0.317. The summed E-state index contributed by atoms with van der Waals surface area (Å²) in [5, 5.41) is 12.5. The number of benzene rings is 1. The molecule has 0 heterocycles. The standard InChI is InChI=1S/C13H14N2O6/c16-10(12(18)19)6-14-11(17)7-15-13(20)21-8-9-4-2-1-3-5-9/h1-5H,6-8H2,(H,14,17)(H,15,20)(H,18,19). The number of rotatable bonds is 7. The van der Waals surface area contributed by atoms with Gasteiger partial charge in [0.1, 0.15) is 13.2 Å². The van der Waals surface area contributed by atoms with Gasteiger partial charge in [0.15, 0.2) is 0 Å². The van der Waals surface area contributed by atoms with Crippen LogP contribution < -0.4 is 10.6 Å². The maximum Gasteiger partial charge on any atom is 0.407 e. The first-order valence-electron chi connectivity index (χ1n) is 5.96. The Hall–Kier alpha value is -2.90. The van der Waals surface area contributed by atoms with Gasteiger partial charge in [-0.05, 0) is 5.56 Å². The van der Waals surface area contributed by atoms with Gasteiger partial charge in [-0.1, -0.05) is 30.3 Å². The van der Waals surface area contributed by atoms with Crippen molar-refractivity contribution in [2.24, 2.45) is 0 Å². The summed E-state index contributed by atoms with van der Waals surface area (Å²) in [6, 6.07) is 8.97. The van der Waals surface area contributed by atoms with Crippen LogP contribution in [0.1, 0.15) is 5.56 Å². The minimum absolute atomic E-state index is 0.0613. The van der Waals surface area contributed by atoms with Crippen LogP contribution in [-0.2, 0) is 25.7 Å². The van der Waals surface area contributed by atoms with Crippen molar-refractivity contribution in [1.29, 1.82) is 0 Å². The van der Waals surface area contributed by atoms with Crippen LogP contribution in [0.5, 0.6) is 0 Å². The molecule has 2 amide bonds. The molecule has 21 heavy (non-hydrogen) atoms. The number of carbonyl (C=O) groups excluding carboxylic acids is 3. The summed E-state index contributed by atoms with van der Waals surface area (Å²) in [6.45, 7) is -0.985. The van der Waals surface area contributed by atoms with Crippen LogP contribution >= 0.6 is 0 Å². The summed E-state index contributed by atoms with van der Waals surface area (Å²) in [4.78, 5) is 43.4. The van der Waals surface area contributed by atoms with E-state index in [1.807, 2.05) is 6.07 Å². The molecule has 0 fully saturated rings. The van der Waals surface area contributed by atoms with E-state index in [4.69, 9.17) is 9.84 Å². The molecular formula is C13H14N2O6. The Morgan fingerprint density at radius 2 is 1.67 bits per heavy atom. The van der Waals surface area contributed by atoms with Gasteiger partial charge in [0.05, 0.1) is 6.54 Å². The van der Waals surface area contributed by atoms with Crippen molar-refractivity contribution >= 4 is 23.8 Å².